The SMILES string of the molecule is CCC1NC(C)C(=O)N1CCN1CCOCC1. The van der Waals surface area contributed by atoms with Crippen molar-refractivity contribution >= 4 is 5.91 Å². The predicted molar refractivity (Wildman–Crippen MR) is 65.6 cm³/mol. The number of hydrogen-bond donors (Lipinski definition) is 1. The zero-order valence-corrected chi connectivity index (χ0v) is 10.8. The van der Waals surface area contributed by atoms with Gasteiger partial charge in [-0.15, -0.1) is 0 Å². The molecule has 2 aliphatic heterocycles. The fourth-order valence-electron chi connectivity index (χ4n) is 2.53. The second kappa shape index (κ2) is 5.80. The van der Waals surface area contributed by atoms with Crippen molar-refractivity contribution < 1.29 is 9.53 Å². The van der Waals surface area contributed by atoms with Crippen molar-refractivity contribution in [3.05, 3.63) is 0 Å². The number of ether oxygens (including phenoxy) is 1. The Morgan fingerprint density at radius 2 is 2.06 bits per heavy atom. The van der Waals surface area contributed by atoms with Gasteiger partial charge in [0.05, 0.1) is 25.4 Å². The molecule has 17 heavy (non-hydrogen) atoms. The summed E-state index contributed by atoms with van der Waals surface area (Å²) in [5, 5.41) is 3.32. The van der Waals surface area contributed by atoms with E-state index in [9.17, 15) is 4.79 Å². The number of rotatable bonds is 4. The van der Waals surface area contributed by atoms with Crippen molar-refractivity contribution in [3.8, 4) is 0 Å². The van der Waals surface area contributed by atoms with Gasteiger partial charge in [-0.2, -0.15) is 0 Å². The first kappa shape index (κ1) is 12.8. The molecule has 0 radical (unpaired) electrons. The number of carbonyl (C=O) groups is 1. The Balaban J connectivity index is 1.82. The summed E-state index contributed by atoms with van der Waals surface area (Å²) in [6.07, 6.45) is 1.19. The third-order valence-corrected chi connectivity index (χ3v) is 3.62. The molecule has 2 aliphatic rings. The topological polar surface area (TPSA) is 44.8 Å². The lowest BCUT2D eigenvalue weighted by molar-refractivity contribution is -0.130. The minimum Gasteiger partial charge on any atom is -0.379 e. The highest BCUT2D eigenvalue weighted by Crippen LogP contribution is 2.13. The summed E-state index contributed by atoms with van der Waals surface area (Å²) in [4.78, 5) is 16.3. The van der Waals surface area contributed by atoms with E-state index in [1.807, 2.05) is 11.8 Å². The van der Waals surface area contributed by atoms with Gasteiger partial charge in [-0.25, -0.2) is 0 Å². The number of nitrogens with one attached hydrogen (secondary N) is 1. The van der Waals surface area contributed by atoms with Crippen molar-refractivity contribution in [3.63, 3.8) is 0 Å². The molecule has 2 unspecified atom stereocenters. The third-order valence-electron chi connectivity index (χ3n) is 3.62. The van der Waals surface area contributed by atoms with Crippen molar-refractivity contribution in [2.45, 2.75) is 32.5 Å². The number of amides is 1. The number of nitrogens with zero attached hydrogens (tertiary/aromatic N) is 2. The van der Waals surface area contributed by atoms with Gasteiger partial charge in [0.1, 0.15) is 0 Å². The molecule has 0 aromatic carbocycles. The highest BCUT2D eigenvalue weighted by Gasteiger charge is 2.34. The fourth-order valence-corrected chi connectivity index (χ4v) is 2.53. The van der Waals surface area contributed by atoms with Gasteiger partial charge in [0.25, 0.3) is 0 Å². The summed E-state index contributed by atoms with van der Waals surface area (Å²) < 4.78 is 5.32. The van der Waals surface area contributed by atoms with E-state index in [0.717, 1.165) is 45.8 Å². The van der Waals surface area contributed by atoms with E-state index in [2.05, 4.69) is 17.1 Å². The van der Waals surface area contributed by atoms with Crippen LogP contribution in [0.5, 0.6) is 0 Å². The quantitative estimate of drug-likeness (QED) is 0.745. The number of carbonyl (C=O) groups excluding carboxylic acids is 1. The molecule has 2 rings (SSSR count). The highest BCUT2D eigenvalue weighted by molar-refractivity contribution is 5.83. The average Bonchev–Trinajstić information content (AvgIpc) is 2.64. The van der Waals surface area contributed by atoms with Crippen LogP contribution in [0.2, 0.25) is 0 Å². The normalized spacial score (nSPS) is 31.2. The first-order valence-electron chi connectivity index (χ1n) is 6.59. The molecular formula is C12H23N3O2. The summed E-state index contributed by atoms with van der Waals surface area (Å²) in [5.74, 6) is 0.241. The Morgan fingerprint density at radius 1 is 1.35 bits per heavy atom. The van der Waals surface area contributed by atoms with Crippen LogP contribution < -0.4 is 5.32 Å². The Kier molecular flexibility index (Phi) is 4.36. The zero-order valence-electron chi connectivity index (χ0n) is 10.8. The molecule has 1 N–H and O–H groups in total. The van der Waals surface area contributed by atoms with Gasteiger partial charge >= 0.3 is 0 Å². The maximum absolute atomic E-state index is 12.0. The molecule has 5 nitrogen and oxygen atoms in total. The second-order valence-electron chi connectivity index (χ2n) is 4.80. The molecule has 0 aromatic heterocycles. The van der Waals surface area contributed by atoms with Crippen LogP contribution in [-0.2, 0) is 9.53 Å². The lowest BCUT2D eigenvalue weighted by atomic mass is 10.3. The van der Waals surface area contributed by atoms with Gasteiger partial charge < -0.3 is 9.64 Å². The Labute approximate surface area is 103 Å². The van der Waals surface area contributed by atoms with Crippen LogP contribution >= 0.6 is 0 Å². The Hall–Kier alpha value is -0.650. The van der Waals surface area contributed by atoms with E-state index in [0.29, 0.717) is 0 Å². The van der Waals surface area contributed by atoms with Crippen molar-refractivity contribution in [1.82, 2.24) is 15.1 Å². The molecule has 0 saturated carbocycles. The van der Waals surface area contributed by atoms with Gasteiger partial charge in [-0.1, -0.05) is 6.92 Å². The van der Waals surface area contributed by atoms with E-state index in [-0.39, 0.29) is 18.1 Å². The molecule has 2 saturated heterocycles. The maximum Gasteiger partial charge on any atom is 0.240 e. The van der Waals surface area contributed by atoms with Crippen LogP contribution in [0.15, 0.2) is 0 Å². The van der Waals surface area contributed by atoms with Crippen LogP contribution in [0, 0.1) is 0 Å². The fraction of sp³-hybridized carbons (Fsp3) is 0.917. The van der Waals surface area contributed by atoms with Crippen molar-refractivity contribution in [2.24, 2.45) is 0 Å². The van der Waals surface area contributed by atoms with Gasteiger partial charge in [-0.05, 0) is 13.3 Å². The molecule has 0 bridgehead atoms. The van der Waals surface area contributed by atoms with E-state index in [1.165, 1.54) is 0 Å². The number of morpholine rings is 1. The summed E-state index contributed by atoms with van der Waals surface area (Å²) in [6, 6.07) is -0.0235. The minimum absolute atomic E-state index is 0.0235. The lowest BCUT2D eigenvalue weighted by Crippen LogP contribution is -2.45. The third kappa shape index (κ3) is 2.97. The summed E-state index contributed by atoms with van der Waals surface area (Å²) in [7, 11) is 0. The van der Waals surface area contributed by atoms with Gasteiger partial charge in [0.15, 0.2) is 0 Å². The molecule has 2 heterocycles. The smallest absolute Gasteiger partial charge is 0.240 e. The van der Waals surface area contributed by atoms with E-state index >= 15 is 0 Å². The standard InChI is InChI=1S/C12H23N3O2/c1-3-11-13-10(2)12(16)15(11)5-4-14-6-8-17-9-7-14/h10-11,13H,3-9H2,1-2H3. The van der Waals surface area contributed by atoms with Gasteiger partial charge in [-0.3, -0.25) is 15.0 Å². The van der Waals surface area contributed by atoms with E-state index in [1.54, 1.807) is 0 Å². The molecule has 2 atom stereocenters. The van der Waals surface area contributed by atoms with Crippen LogP contribution in [0.25, 0.3) is 0 Å². The molecule has 1 amide bonds. The van der Waals surface area contributed by atoms with Crippen LogP contribution in [0.1, 0.15) is 20.3 Å². The first-order valence-corrected chi connectivity index (χ1v) is 6.59. The second-order valence-corrected chi connectivity index (χ2v) is 4.80. The monoisotopic (exact) mass is 241 g/mol. The molecule has 0 aliphatic carbocycles. The maximum atomic E-state index is 12.0. The first-order chi connectivity index (χ1) is 8.22. The summed E-state index contributed by atoms with van der Waals surface area (Å²) in [5.41, 5.74) is 0. The van der Waals surface area contributed by atoms with E-state index in [4.69, 9.17) is 4.74 Å². The molecule has 2 fully saturated rings. The summed E-state index contributed by atoms with van der Waals surface area (Å²) >= 11 is 0. The van der Waals surface area contributed by atoms with Crippen molar-refractivity contribution in [2.75, 3.05) is 39.4 Å². The molecule has 98 valence electrons. The van der Waals surface area contributed by atoms with Crippen LogP contribution in [-0.4, -0.2) is 67.3 Å². The molecular weight excluding hydrogens is 218 g/mol. The average molecular weight is 241 g/mol. The van der Waals surface area contributed by atoms with Crippen LogP contribution in [0.3, 0.4) is 0 Å². The molecule has 0 aromatic rings. The lowest BCUT2D eigenvalue weighted by Gasteiger charge is -2.30. The van der Waals surface area contributed by atoms with Gasteiger partial charge in [0, 0.05) is 26.2 Å². The summed E-state index contributed by atoms with van der Waals surface area (Å²) in [6.45, 7) is 9.46. The van der Waals surface area contributed by atoms with Crippen LogP contribution in [0.4, 0.5) is 0 Å². The predicted octanol–water partition coefficient (Wildman–Crippen LogP) is -0.125. The Bertz CT molecular complexity index is 266. The highest BCUT2D eigenvalue weighted by atomic mass is 16.5. The molecule has 0 spiro atoms. The molecule has 5 heteroatoms. The minimum atomic E-state index is -0.0235. The van der Waals surface area contributed by atoms with E-state index < -0.39 is 0 Å². The Morgan fingerprint density at radius 3 is 2.71 bits per heavy atom. The zero-order chi connectivity index (χ0) is 12.3. The number of hydrogen-bond acceptors (Lipinski definition) is 4. The largest absolute Gasteiger partial charge is 0.379 e. The van der Waals surface area contributed by atoms with Gasteiger partial charge in [0.2, 0.25) is 5.91 Å². The van der Waals surface area contributed by atoms with Crippen molar-refractivity contribution in [1.29, 1.82) is 0 Å².